The van der Waals surface area contributed by atoms with Crippen LogP contribution in [0.25, 0.3) is 61.2 Å². The van der Waals surface area contributed by atoms with Crippen molar-refractivity contribution in [3.05, 3.63) is 282 Å². The van der Waals surface area contributed by atoms with Crippen molar-refractivity contribution in [1.29, 1.82) is 0 Å². The topological polar surface area (TPSA) is 12.4 Å². The summed E-state index contributed by atoms with van der Waals surface area (Å²) >= 11 is 0. The van der Waals surface area contributed by atoms with E-state index in [0.717, 1.165) is 39.1 Å². The third-order valence-corrected chi connectivity index (χ3v) is 13.3. The molecule has 0 saturated heterocycles. The number of rotatable bonds is 6. The molecule has 1 atom stereocenters. The number of fused-ring (bicyclic) bond motifs is 10. The average molecular weight is 788 g/mol. The van der Waals surface area contributed by atoms with E-state index >= 15 is 0 Å². The fraction of sp³-hybridized carbons (Fsp3) is 0.0328. The molecule has 12 rings (SSSR count). The van der Waals surface area contributed by atoms with Gasteiger partial charge in [0.15, 0.2) is 0 Å². The van der Waals surface area contributed by atoms with E-state index in [1.807, 2.05) is 0 Å². The zero-order valence-corrected chi connectivity index (χ0v) is 34.2. The van der Waals surface area contributed by atoms with Crippen molar-refractivity contribution in [3.8, 4) is 55.6 Å². The first-order chi connectivity index (χ1) is 30.7. The van der Waals surface area contributed by atoms with Crippen LogP contribution in [0.5, 0.6) is 0 Å². The highest BCUT2D eigenvalue weighted by atomic mass is 14.8. The van der Waals surface area contributed by atoms with Crippen molar-refractivity contribution in [2.75, 3.05) is 0 Å². The SMILES string of the molecule is C=C1C(c2ccccc2)=CC(c2ccc(-c3ccccc3)cc2)=NC1c1cccc(-c2cccc(-c3cccc4c3-c3ccccc3C43c4ccccc4-c4ccccc43)c2)c1. The third-order valence-electron chi connectivity index (χ3n) is 13.3. The molecule has 0 radical (unpaired) electrons. The molecule has 1 aliphatic heterocycles. The van der Waals surface area contributed by atoms with Crippen LogP contribution < -0.4 is 0 Å². The Bertz CT molecular complexity index is 3250. The molecule has 0 aromatic heterocycles. The summed E-state index contributed by atoms with van der Waals surface area (Å²) in [5.74, 6) is 0. The number of allylic oxidation sites excluding steroid dienone is 1. The van der Waals surface area contributed by atoms with E-state index < -0.39 is 0 Å². The molecular weight excluding hydrogens is 747 g/mol. The summed E-state index contributed by atoms with van der Waals surface area (Å²) in [4.78, 5) is 5.45. The largest absolute Gasteiger partial charge is 0.272 e. The van der Waals surface area contributed by atoms with Crippen LogP contribution >= 0.6 is 0 Å². The molecule has 0 saturated carbocycles. The molecule has 0 N–H and O–H groups in total. The van der Waals surface area contributed by atoms with Gasteiger partial charge in [0, 0.05) is 0 Å². The van der Waals surface area contributed by atoms with Crippen molar-refractivity contribution in [1.82, 2.24) is 0 Å². The fourth-order valence-electron chi connectivity index (χ4n) is 10.6. The van der Waals surface area contributed by atoms with Gasteiger partial charge in [-0.25, -0.2) is 0 Å². The summed E-state index contributed by atoms with van der Waals surface area (Å²) < 4.78 is 0. The molecule has 62 heavy (non-hydrogen) atoms. The summed E-state index contributed by atoms with van der Waals surface area (Å²) in [5.41, 5.74) is 23.9. The molecule has 1 heterocycles. The van der Waals surface area contributed by atoms with Gasteiger partial charge in [0.05, 0.1) is 11.1 Å². The van der Waals surface area contributed by atoms with E-state index in [9.17, 15) is 0 Å². The van der Waals surface area contributed by atoms with Crippen molar-refractivity contribution in [3.63, 3.8) is 0 Å². The number of aliphatic imine (C=N–C) groups is 1. The Morgan fingerprint density at radius 3 is 1.52 bits per heavy atom. The second-order valence-electron chi connectivity index (χ2n) is 16.6. The lowest BCUT2D eigenvalue weighted by Crippen LogP contribution is -2.25. The number of hydrogen-bond donors (Lipinski definition) is 0. The molecule has 1 spiro atoms. The van der Waals surface area contributed by atoms with Crippen LogP contribution in [0.3, 0.4) is 0 Å². The summed E-state index contributed by atoms with van der Waals surface area (Å²) in [6, 6.07) is 81.7. The maximum atomic E-state index is 5.45. The van der Waals surface area contributed by atoms with Gasteiger partial charge in [-0.1, -0.05) is 219 Å². The average Bonchev–Trinajstić information content (AvgIpc) is 3.82. The Morgan fingerprint density at radius 2 is 0.823 bits per heavy atom. The Balaban J connectivity index is 0.950. The number of hydrogen-bond acceptors (Lipinski definition) is 1. The van der Waals surface area contributed by atoms with Crippen LogP contribution in [0, 0.1) is 0 Å². The Morgan fingerprint density at radius 1 is 0.355 bits per heavy atom. The molecule has 1 heteroatoms. The van der Waals surface area contributed by atoms with Gasteiger partial charge in [-0.15, -0.1) is 0 Å². The van der Waals surface area contributed by atoms with Crippen LogP contribution in [0.15, 0.2) is 248 Å². The molecule has 290 valence electrons. The van der Waals surface area contributed by atoms with Crippen molar-refractivity contribution in [2.24, 2.45) is 4.99 Å². The van der Waals surface area contributed by atoms with Gasteiger partial charge in [0.1, 0.15) is 6.04 Å². The van der Waals surface area contributed by atoms with Gasteiger partial charge in [-0.2, -0.15) is 0 Å². The first-order valence-electron chi connectivity index (χ1n) is 21.5. The standard InChI is InChI=1S/C61H41N/c1-40-53(43-19-6-3-7-20-43)39-58(44-35-33-42(34-36-44)41-17-4-2-5-18-41)62-60(40)48-24-15-22-46(38-48)45-21-14-23-47(37-45)49-28-16-32-57-59(49)52-27-10-13-31-56(52)61(57)54-29-11-8-25-50(54)51-26-9-12-30-55(51)61/h2-39,60H,1H2. The summed E-state index contributed by atoms with van der Waals surface area (Å²) in [7, 11) is 0. The van der Waals surface area contributed by atoms with Gasteiger partial charge >= 0.3 is 0 Å². The van der Waals surface area contributed by atoms with Crippen LogP contribution in [0.4, 0.5) is 0 Å². The van der Waals surface area contributed by atoms with Crippen LogP contribution in [-0.2, 0) is 5.41 Å². The quantitative estimate of drug-likeness (QED) is 0.159. The van der Waals surface area contributed by atoms with Gasteiger partial charge in [-0.3, -0.25) is 4.99 Å². The molecule has 9 aromatic rings. The monoisotopic (exact) mass is 787 g/mol. The highest BCUT2D eigenvalue weighted by Crippen LogP contribution is 2.64. The smallest absolute Gasteiger partial charge is 0.101 e. The highest BCUT2D eigenvalue weighted by molar-refractivity contribution is 6.15. The summed E-state index contributed by atoms with van der Waals surface area (Å²) in [5, 5.41) is 0. The van der Waals surface area contributed by atoms with Gasteiger partial charge < -0.3 is 0 Å². The maximum Gasteiger partial charge on any atom is 0.101 e. The lowest BCUT2D eigenvalue weighted by Gasteiger charge is -2.30. The Hall–Kier alpha value is -7.87. The predicted molar refractivity (Wildman–Crippen MR) is 258 cm³/mol. The zero-order chi connectivity index (χ0) is 41.2. The van der Waals surface area contributed by atoms with Crippen molar-refractivity contribution >= 4 is 11.3 Å². The molecule has 0 amide bonds. The van der Waals surface area contributed by atoms with Crippen molar-refractivity contribution in [2.45, 2.75) is 11.5 Å². The molecule has 3 aliphatic rings. The fourth-order valence-corrected chi connectivity index (χ4v) is 10.6. The van der Waals surface area contributed by atoms with E-state index in [2.05, 4.69) is 231 Å². The minimum absolute atomic E-state index is 0.246. The zero-order valence-electron chi connectivity index (χ0n) is 34.2. The first kappa shape index (κ1) is 36.0. The van der Waals surface area contributed by atoms with Crippen LogP contribution in [0.2, 0.25) is 0 Å². The minimum Gasteiger partial charge on any atom is -0.272 e. The molecule has 2 aliphatic carbocycles. The molecular formula is C61H41N. The minimum atomic E-state index is -0.375. The van der Waals surface area contributed by atoms with Crippen LogP contribution in [0.1, 0.15) is 45.0 Å². The normalized spacial score (nSPS) is 15.3. The number of dihydropyridines is 1. The molecule has 1 unspecified atom stereocenters. The molecule has 0 bridgehead atoms. The van der Waals surface area contributed by atoms with E-state index in [1.54, 1.807) is 0 Å². The first-order valence-corrected chi connectivity index (χ1v) is 21.5. The second-order valence-corrected chi connectivity index (χ2v) is 16.6. The second kappa shape index (κ2) is 14.4. The Kier molecular flexibility index (Phi) is 8.37. The van der Waals surface area contributed by atoms with E-state index in [0.29, 0.717) is 0 Å². The van der Waals surface area contributed by atoms with E-state index in [-0.39, 0.29) is 11.5 Å². The summed E-state index contributed by atoms with van der Waals surface area (Å²) in [6.07, 6.45) is 2.21. The molecule has 1 nitrogen and oxygen atoms in total. The molecule has 9 aromatic carbocycles. The lowest BCUT2D eigenvalue weighted by atomic mass is 9.70. The predicted octanol–water partition coefficient (Wildman–Crippen LogP) is 15.2. The lowest BCUT2D eigenvalue weighted by molar-refractivity contribution is 0.794. The maximum absolute atomic E-state index is 5.45. The van der Waals surface area contributed by atoms with Crippen molar-refractivity contribution < 1.29 is 0 Å². The van der Waals surface area contributed by atoms with Gasteiger partial charge in [0.2, 0.25) is 0 Å². The van der Waals surface area contributed by atoms with E-state index in [4.69, 9.17) is 11.6 Å². The number of benzene rings is 9. The number of nitrogens with zero attached hydrogens (tertiary/aromatic N) is 1. The van der Waals surface area contributed by atoms with Crippen LogP contribution in [-0.4, -0.2) is 5.71 Å². The van der Waals surface area contributed by atoms with Gasteiger partial charge in [-0.05, 0) is 124 Å². The Labute approximate surface area is 363 Å². The highest BCUT2D eigenvalue weighted by Gasteiger charge is 2.51. The third kappa shape index (κ3) is 5.52. The molecule has 0 fully saturated rings. The van der Waals surface area contributed by atoms with Gasteiger partial charge in [0.25, 0.3) is 0 Å². The van der Waals surface area contributed by atoms with E-state index in [1.165, 1.54) is 72.3 Å². The summed E-state index contributed by atoms with van der Waals surface area (Å²) in [6.45, 7) is 4.70.